The van der Waals surface area contributed by atoms with Crippen molar-refractivity contribution in [1.29, 1.82) is 0 Å². The second kappa shape index (κ2) is 8.60. The average molecular weight is 442 g/mol. The molecule has 0 bridgehead atoms. The molecule has 0 unspecified atom stereocenters. The molecule has 0 aliphatic rings. The zero-order chi connectivity index (χ0) is 21.9. The summed E-state index contributed by atoms with van der Waals surface area (Å²) in [6.07, 6.45) is 0. The van der Waals surface area contributed by atoms with Crippen molar-refractivity contribution in [2.75, 3.05) is 12.4 Å². The minimum Gasteiger partial charge on any atom is -0.497 e. The molecule has 8 heteroatoms. The lowest BCUT2D eigenvalue weighted by molar-refractivity contribution is -0.116. The van der Waals surface area contributed by atoms with Crippen LogP contribution in [-0.4, -0.2) is 32.8 Å². The maximum atomic E-state index is 13.3. The van der Waals surface area contributed by atoms with Crippen LogP contribution in [0.15, 0.2) is 84.9 Å². The van der Waals surface area contributed by atoms with Crippen LogP contribution in [0.4, 0.5) is 5.13 Å². The number of rotatable bonds is 6. The number of methoxy groups -OCH3 is 1. The van der Waals surface area contributed by atoms with Gasteiger partial charge in [0.1, 0.15) is 5.75 Å². The highest BCUT2D eigenvalue weighted by Gasteiger charge is 2.24. The number of amides is 1. The maximum Gasteiger partial charge on any atom is 0.238 e. The van der Waals surface area contributed by atoms with Crippen molar-refractivity contribution in [3.63, 3.8) is 0 Å². The van der Waals surface area contributed by atoms with Crippen molar-refractivity contribution in [3.8, 4) is 17.1 Å². The molecule has 0 aliphatic heterocycles. The fourth-order valence-electron chi connectivity index (χ4n) is 3.55. The first-order valence-electron chi connectivity index (χ1n) is 10.0. The molecule has 32 heavy (non-hydrogen) atoms. The first kappa shape index (κ1) is 19.9. The van der Waals surface area contributed by atoms with Crippen LogP contribution in [-0.2, 0) is 4.79 Å². The zero-order valence-electron chi connectivity index (χ0n) is 17.2. The number of aromatic nitrogens is 4. The third-order valence-corrected chi connectivity index (χ3v) is 5.91. The molecule has 0 saturated heterocycles. The van der Waals surface area contributed by atoms with E-state index in [9.17, 15) is 4.79 Å². The van der Waals surface area contributed by atoms with Crippen LogP contribution in [0.3, 0.4) is 0 Å². The molecule has 1 N–H and O–H groups in total. The molecular formula is C24H19N5O2S. The number of benzene rings is 3. The SMILES string of the molecule is COc1ccc(-c2nnc3sc(NC(=O)C(c4ccccc4)c4ccccc4)nn23)cc1. The summed E-state index contributed by atoms with van der Waals surface area (Å²) in [4.78, 5) is 13.9. The van der Waals surface area contributed by atoms with Gasteiger partial charge in [-0.15, -0.1) is 15.3 Å². The number of ether oxygens (including phenoxy) is 1. The third-order valence-electron chi connectivity index (χ3n) is 5.10. The Morgan fingerprint density at radius 2 is 1.53 bits per heavy atom. The van der Waals surface area contributed by atoms with Crippen molar-refractivity contribution in [1.82, 2.24) is 19.8 Å². The molecule has 0 spiro atoms. The van der Waals surface area contributed by atoms with E-state index in [0.717, 1.165) is 22.4 Å². The molecule has 0 atom stereocenters. The summed E-state index contributed by atoms with van der Waals surface area (Å²) in [5.41, 5.74) is 2.68. The number of carbonyl (C=O) groups is 1. The normalized spacial score (nSPS) is 11.1. The Kier molecular flexibility index (Phi) is 5.35. The number of anilines is 1. The third kappa shape index (κ3) is 3.83. The predicted molar refractivity (Wildman–Crippen MR) is 124 cm³/mol. The predicted octanol–water partition coefficient (Wildman–Crippen LogP) is 4.63. The highest BCUT2D eigenvalue weighted by Crippen LogP contribution is 2.29. The van der Waals surface area contributed by atoms with Crippen LogP contribution >= 0.6 is 11.3 Å². The molecular weight excluding hydrogens is 422 g/mol. The van der Waals surface area contributed by atoms with Crippen LogP contribution < -0.4 is 10.1 Å². The van der Waals surface area contributed by atoms with Gasteiger partial charge < -0.3 is 4.74 Å². The summed E-state index contributed by atoms with van der Waals surface area (Å²) in [7, 11) is 1.62. The van der Waals surface area contributed by atoms with Crippen LogP contribution in [0.5, 0.6) is 5.75 Å². The largest absolute Gasteiger partial charge is 0.497 e. The van der Waals surface area contributed by atoms with E-state index in [1.54, 1.807) is 11.6 Å². The van der Waals surface area contributed by atoms with E-state index in [4.69, 9.17) is 4.74 Å². The highest BCUT2D eigenvalue weighted by atomic mass is 32.1. The molecule has 5 rings (SSSR count). The summed E-state index contributed by atoms with van der Waals surface area (Å²) in [6.45, 7) is 0. The van der Waals surface area contributed by atoms with Gasteiger partial charge in [-0.25, -0.2) is 0 Å². The monoisotopic (exact) mass is 441 g/mol. The van der Waals surface area contributed by atoms with Crippen LogP contribution in [0.2, 0.25) is 0 Å². The quantitative estimate of drug-likeness (QED) is 0.415. The number of carbonyl (C=O) groups excluding carboxylic acids is 1. The van der Waals surface area contributed by atoms with E-state index < -0.39 is 5.92 Å². The summed E-state index contributed by atoms with van der Waals surface area (Å²) in [6, 6.07) is 26.9. The van der Waals surface area contributed by atoms with Crippen molar-refractivity contribution >= 4 is 27.3 Å². The van der Waals surface area contributed by atoms with Crippen LogP contribution in [0, 0.1) is 0 Å². The van der Waals surface area contributed by atoms with Gasteiger partial charge in [0.05, 0.1) is 13.0 Å². The van der Waals surface area contributed by atoms with Gasteiger partial charge in [-0.1, -0.05) is 72.0 Å². The summed E-state index contributed by atoms with van der Waals surface area (Å²) in [5.74, 6) is 0.752. The molecule has 0 fully saturated rings. The molecule has 2 aromatic heterocycles. The Hall–Kier alpha value is -4.04. The van der Waals surface area contributed by atoms with Gasteiger partial charge >= 0.3 is 0 Å². The van der Waals surface area contributed by atoms with Gasteiger partial charge in [0.2, 0.25) is 16.0 Å². The number of nitrogens with one attached hydrogen (secondary N) is 1. The molecule has 1 amide bonds. The minimum atomic E-state index is -0.451. The van der Waals surface area contributed by atoms with Crippen LogP contribution in [0.1, 0.15) is 17.0 Å². The van der Waals surface area contributed by atoms with Gasteiger partial charge in [-0.2, -0.15) is 4.52 Å². The van der Waals surface area contributed by atoms with Gasteiger partial charge in [-0.3, -0.25) is 10.1 Å². The standard InChI is InChI=1S/C24H19N5O2S/c1-31-19-14-12-18(13-15-19)21-26-27-24-29(21)28-23(32-24)25-22(30)20(16-8-4-2-5-9-16)17-10-6-3-7-11-17/h2-15,20H,1H3,(H,25,28,30). The Labute approximate surface area is 188 Å². The summed E-state index contributed by atoms with van der Waals surface area (Å²) < 4.78 is 6.85. The van der Waals surface area contributed by atoms with Crippen molar-refractivity contribution in [3.05, 3.63) is 96.1 Å². The van der Waals surface area contributed by atoms with E-state index in [0.29, 0.717) is 15.9 Å². The highest BCUT2D eigenvalue weighted by molar-refractivity contribution is 7.20. The van der Waals surface area contributed by atoms with Gasteiger partial charge in [-0.05, 0) is 35.4 Å². The fourth-order valence-corrected chi connectivity index (χ4v) is 4.29. The summed E-state index contributed by atoms with van der Waals surface area (Å²) in [5, 5.41) is 16.4. The Bertz CT molecular complexity index is 1310. The summed E-state index contributed by atoms with van der Waals surface area (Å²) >= 11 is 1.28. The second-order valence-electron chi connectivity index (χ2n) is 7.10. The van der Waals surface area contributed by atoms with Gasteiger partial charge in [0.25, 0.3) is 0 Å². The van der Waals surface area contributed by atoms with Crippen molar-refractivity contribution in [2.24, 2.45) is 0 Å². The lowest BCUT2D eigenvalue weighted by Crippen LogP contribution is -2.22. The van der Waals surface area contributed by atoms with E-state index in [1.807, 2.05) is 84.9 Å². The van der Waals surface area contributed by atoms with E-state index in [2.05, 4.69) is 20.6 Å². The van der Waals surface area contributed by atoms with E-state index >= 15 is 0 Å². The van der Waals surface area contributed by atoms with Gasteiger partial charge in [0, 0.05) is 5.56 Å². The van der Waals surface area contributed by atoms with E-state index in [-0.39, 0.29) is 5.91 Å². The molecule has 0 aliphatic carbocycles. The van der Waals surface area contributed by atoms with E-state index in [1.165, 1.54) is 11.3 Å². The second-order valence-corrected chi connectivity index (χ2v) is 8.05. The molecule has 0 saturated carbocycles. The Balaban J connectivity index is 1.45. The Morgan fingerprint density at radius 3 is 2.12 bits per heavy atom. The van der Waals surface area contributed by atoms with Crippen molar-refractivity contribution in [2.45, 2.75) is 5.92 Å². The number of hydrogen-bond donors (Lipinski definition) is 1. The lowest BCUT2D eigenvalue weighted by atomic mass is 9.90. The fraction of sp³-hybridized carbons (Fsp3) is 0.0833. The molecule has 5 aromatic rings. The first-order chi connectivity index (χ1) is 15.7. The minimum absolute atomic E-state index is 0.154. The molecule has 3 aromatic carbocycles. The smallest absolute Gasteiger partial charge is 0.238 e. The average Bonchev–Trinajstić information content (AvgIpc) is 3.41. The Morgan fingerprint density at radius 1 is 0.906 bits per heavy atom. The van der Waals surface area contributed by atoms with Crippen molar-refractivity contribution < 1.29 is 9.53 Å². The molecule has 7 nitrogen and oxygen atoms in total. The zero-order valence-corrected chi connectivity index (χ0v) is 18.0. The number of fused-ring (bicyclic) bond motifs is 1. The number of hydrogen-bond acceptors (Lipinski definition) is 6. The lowest BCUT2D eigenvalue weighted by Gasteiger charge is -2.16. The molecule has 158 valence electrons. The topological polar surface area (TPSA) is 81.4 Å². The van der Waals surface area contributed by atoms with Gasteiger partial charge in [0.15, 0.2) is 5.82 Å². The molecule has 2 heterocycles. The molecule has 0 radical (unpaired) electrons. The maximum absolute atomic E-state index is 13.3. The first-order valence-corrected chi connectivity index (χ1v) is 10.8. The number of nitrogens with zero attached hydrogens (tertiary/aromatic N) is 4. The van der Waals surface area contributed by atoms with Crippen LogP contribution in [0.25, 0.3) is 16.3 Å².